The van der Waals surface area contributed by atoms with Crippen LogP contribution in [0.25, 0.3) is 0 Å². The fraction of sp³-hybridized carbons (Fsp3) is 0.556. The summed E-state index contributed by atoms with van der Waals surface area (Å²) in [5.41, 5.74) is 5.23. The van der Waals surface area contributed by atoms with Crippen LogP contribution >= 0.6 is 0 Å². The molecule has 0 spiro atoms. The number of rotatable bonds is 2. The molecule has 3 heteroatoms. The van der Waals surface area contributed by atoms with Crippen LogP contribution < -0.4 is 5.73 Å². The second kappa shape index (κ2) is 2.92. The third kappa shape index (κ3) is 1.52. The molecule has 0 fully saturated rings. The SMILES string of the molecule is Cc1cc([C@](C)(O)CN)c(C)o1. The number of furan rings is 1. The zero-order valence-electron chi connectivity index (χ0n) is 7.72. The van der Waals surface area contributed by atoms with Gasteiger partial charge in [-0.25, -0.2) is 0 Å². The first kappa shape index (κ1) is 9.29. The van der Waals surface area contributed by atoms with Crippen LogP contribution in [0.15, 0.2) is 10.5 Å². The molecule has 1 aromatic rings. The predicted molar refractivity (Wildman–Crippen MR) is 46.8 cm³/mol. The van der Waals surface area contributed by atoms with E-state index in [0.29, 0.717) is 0 Å². The van der Waals surface area contributed by atoms with E-state index in [2.05, 4.69) is 0 Å². The highest BCUT2D eigenvalue weighted by atomic mass is 16.3. The summed E-state index contributed by atoms with van der Waals surface area (Å²) >= 11 is 0. The fourth-order valence-corrected chi connectivity index (χ4v) is 1.28. The molecule has 0 aromatic carbocycles. The van der Waals surface area contributed by atoms with Crippen molar-refractivity contribution >= 4 is 0 Å². The molecule has 0 radical (unpaired) electrons. The van der Waals surface area contributed by atoms with Gasteiger partial charge < -0.3 is 15.3 Å². The Morgan fingerprint density at radius 3 is 2.50 bits per heavy atom. The Hall–Kier alpha value is -0.800. The molecule has 0 unspecified atom stereocenters. The Morgan fingerprint density at radius 2 is 2.17 bits per heavy atom. The van der Waals surface area contributed by atoms with E-state index in [4.69, 9.17) is 10.2 Å². The highest BCUT2D eigenvalue weighted by molar-refractivity contribution is 5.26. The van der Waals surface area contributed by atoms with Crippen LogP contribution in [0.5, 0.6) is 0 Å². The highest BCUT2D eigenvalue weighted by Crippen LogP contribution is 2.25. The lowest BCUT2D eigenvalue weighted by Crippen LogP contribution is -2.31. The molecule has 0 aliphatic rings. The molecule has 1 aromatic heterocycles. The van der Waals surface area contributed by atoms with E-state index in [1.165, 1.54) is 0 Å². The standard InChI is InChI=1S/C9H15NO2/c1-6-4-8(7(2)12-6)9(3,11)5-10/h4,11H,5,10H2,1-3H3/t9-/m1/s1. The first-order chi connectivity index (χ1) is 5.47. The van der Waals surface area contributed by atoms with Gasteiger partial charge in [-0.2, -0.15) is 0 Å². The minimum absolute atomic E-state index is 0.201. The van der Waals surface area contributed by atoms with Crippen LogP contribution in [0.3, 0.4) is 0 Å². The molecule has 0 aliphatic heterocycles. The van der Waals surface area contributed by atoms with Gasteiger partial charge >= 0.3 is 0 Å². The Bertz CT molecular complexity index is 276. The largest absolute Gasteiger partial charge is 0.466 e. The van der Waals surface area contributed by atoms with Crippen molar-refractivity contribution in [3.05, 3.63) is 23.2 Å². The minimum Gasteiger partial charge on any atom is -0.466 e. The number of hydrogen-bond donors (Lipinski definition) is 2. The summed E-state index contributed by atoms with van der Waals surface area (Å²) in [5.74, 6) is 1.54. The Balaban J connectivity index is 3.09. The lowest BCUT2D eigenvalue weighted by molar-refractivity contribution is 0.0653. The summed E-state index contributed by atoms with van der Waals surface area (Å²) in [5, 5.41) is 9.80. The van der Waals surface area contributed by atoms with E-state index >= 15 is 0 Å². The van der Waals surface area contributed by atoms with Crippen molar-refractivity contribution in [2.75, 3.05) is 6.54 Å². The zero-order valence-corrected chi connectivity index (χ0v) is 7.72. The average Bonchev–Trinajstić information content (AvgIpc) is 2.31. The lowest BCUT2D eigenvalue weighted by Gasteiger charge is -2.19. The summed E-state index contributed by atoms with van der Waals surface area (Å²) in [4.78, 5) is 0. The van der Waals surface area contributed by atoms with Crippen LogP contribution in [0.4, 0.5) is 0 Å². The molecular formula is C9H15NO2. The van der Waals surface area contributed by atoms with Crippen LogP contribution in [-0.4, -0.2) is 11.7 Å². The van der Waals surface area contributed by atoms with E-state index in [-0.39, 0.29) is 6.54 Å². The van der Waals surface area contributed by atoms with Gasteiger partial charge in [-0.3, -0.25) is 0 Å². The molecule has 68 valence electrons. The van der Waals surface area contributed by atoms with Gasteiger partial charge in [0.05, 0.1) is 0 Å². The maximum atomic E-state index is 9.80. The average molecular weight is 169 g/mol. The Morgan fingerprint density at radius 1 is 1.58 bits per heavy atom. The van der Waals surface area contributed by atoms with Crippen molar-refractivity contribution in [3.63, 3.8) is 0 Å². The summed E-state index contributed by atoms with van der Waals surface area (Å²) in [7, 11) is 0. The molecule has 0 saturated heterocycles. The quantitative estimate of drug-likeness (QED) is 0.696. The van der Waals surface area contributed by atoms with Crippen LogP contribution in [0.2, 0.25) is 0 Å². The van der Waals surface area contributed by atoms with Gasteiger partial charge in [0.25, 0.3) is 0 Å². The van der Waals surface area contributed by atoms with Gasteiger partial charge in [-0.15, -0.1) is 0 Å². The molecule has 0 aliphatic carbocycles. The second-order valence-electron chi connectivity index (χ2n) is 3.30. The van der Waals surface area contributed by atoms with Crippen molar-refractivity contribution < 1.29 is 9.52 Å². The molecule has 0 amide bonds. The molecule has 1 rings (SSSR count). The number of aliphatic hydroxyl groups is 1. The number of nitrogens with two attached hydrogens (primary N) is 1. The summed E-state index contributed by atoms with van der Waals surface area (Å²) < 4.78 is 5.29. The molecule has 3 N–H and O–H groups in total. The molecular weight excluding hydrogens is 154 g/mol. The van der Waals surface area contributed by atoms with Crippen molar-refractivity contribution in [1.29, 1.82) is 0 Å². The van der Waals surface area contributed by atoms with Crippen LogP contribution in [0.1, 0.15) is 24.0 Å². The van der Waals surface area contributed by atoms with Crippen molar-refractivity contribution in [3.8, 4) is 0 Å². The van der Waals surface area contributed by atoms with Gasteiger partial charge in [-0.1, -0.05) is 0 Å². The van der Waals surface area contributed by atoms with E-state index < -0.39 is 5.60 Å². The highest BCUT2D eigenvalue weighted by Gasteiger charge is 2.25. The van der Waals surface area contributed by atoms with E-state index in [9.17, 15) is 5.11 Å². The maximum absolute atomic E-state index is 9.80. The molecule has 12 heavy (non-hydrogen) atoms. The second-order valence-corrected chi connectivity index (χ2v) is 3.30. The third-order valence-corrected chi connectivity index (χ3v) is 2.02. The minimum atomic E-state index is -0.970. The first-order valence-corrected chi connectivity index (χ1v) is 3.97. The molecule has 3 nitrogen and oxygen atoms in total. The van der Waals surface area contributed by atoms with Crippen LogP contribution in [0, 0.1) is 13.8 Å². The zero-order chi connectivity index (χ0) is 9.35. The summed E-state index contributed by atoms with van der Waals surface area (Å²) in [6, 6.07) is 1.82. The van der Waals surface area contributed by atoms with Crippen LogP contribution in [-0.2, 0) is 5.60 Å². The van der Waals surface area contributed by atoms with Gasteiger partial charge in [-0.05, 0) is 26.8 Å². The molecule has 0 bridgehead atoms. The monoisotopic (exact) mass is 169 g/mol. The molecule has 1 heterocycles. The molecule has 0 saturated carbocycles. The smallest absolute Gasteiger partial charge is 0.107 e. The fourth-order valence-electron chi connectivity index (χ4n) is 1.28. The van der Waals surface area contributed by atoms with Gasteiger partial charge in [0.1, 0.15) is 17.1 Å². The van der Waals surface area contributed by atoms with Crippen molar-refractivity contribution in [2.24, 2.45) is 5.73 Å². The van der Waals surface area contributed by atoms with Gasteiger partial charge in [0, 0.05) is 12.1 Å². The van der Waals surface area contributed by atoms with E-state index in [1.54, 1.807) is 6.92 Å². The maximum Gasteiger partial charge on any atom is 0.107 e. The third-order valence-electron chi connectivity index (χ3n) is 2.02. The summed E-state index contributed by atoms with van der Waals surface area (Å²) in [6.07, 6.45) is 0. The number of hydrogen-bond acceptors (Lipinski definition) is 3. The van der Waals surface area contributed by atoms with Gasteiger partial charge in [0.2, 0.25) is 0 Å². The van der Waals surface area contributed by atoms with Crippen molar-refractivity contribution in [2.45, 2.75) is 26.4 Å². The predicted octanol–water partition coefficient (Wildman–Crippen LogP) is 1.06. The topological polar surface area (TPSA) is 59.4 Å². The lowest BCUT2D eigenvalue weighted by atomic mass is 9.97. The normalized spacial score (nSPS) is 16.1. The number of aryl methyl sites for hydroxylation is 2. The van der Waals surface area contributed by atoms with Gasteiger partial charge in [0.15, 0.2) is 0 Å². The Labute approximate surface area is 72.2 Å². The summed E-state index contributed by atoms with van der Waals surface area (Å²) in [6.45, 7) is 5.56. The molecule has 1 atom stereocenters. The van der Waals surface area contributed by atoms with Crippen molar-refractivity contribution in [1.82, 2.24) is 0 Å². The first-order valence-electron chi connectivity index (χ1n) is 3.97. The Kier molecular flexibility index (Phi) is 2.26. The van der Waals surface area contributed by atoms with E-state index in [0.717, 1.165) is 17.1 Å². The van der Waals surface area contributed by atoms with E-state index in [1.807, 2.05) is 19.9 Å².